The molecule has 1 aliphatic carbocycles. The molecule has 0 atom stereocenters. The number of hydrogen-bond donors (Lipinski definition) is 1. The van der Waals surface area contributed by atoms with Crippen LogP contribution < -0.4 is 14.8 Å². The minimum absolute atomic E-state index is 0.162. The predicted molar refractivity (Wildman–Crippen MR) is 78.1 cm³/mol. The molecule has 1 aliphatic rings. The fourth-order valence-electron chi connectivity index (χ4n) is 2.71. The summed E-state index contributed by atoms with van der Waals surface area (Å²) in [4.78, 5) is 0. The van der Waals surface area contributed by atoms with Crippen molar-refractivity contribution in [3.05, 3.63) is 35.9 Å². The molecule has 0 unspecified atom stereocenters. The summed E-state index contributed by atoms with van der Waals surface area (Å²) in [6.45, 7) is 4.13. The van der Waals surface area contributed by atoms with E-state index in [1.165, 1.54) is 5.56 Å². The van der Waals surface area contributed by atoms with Crippen molar-refractivity contribution in [3.8, 4) is 11.5 Å². The van der Waals surface area contributed by atoms with Crippen LogP contribution in [0.15, 0.2) is 30.4 Å². The molecular formula is C16H23NO2. The Morgan fingerprint density at radius 2 is 1.79 bits per heavy atom. The number of hydrogen-bond acceptors (Lipinski definition) is 3. The molecule has 0 saturated heterocycles. The molecule has 2 rings (SSSR count). The number of allylic oxidation sites excluding steroid dienone is 2. The maximum absolute atomic E-state index is 5.42. The van der Waals surface area contributed by atoms with Crippen molar-refractivity contribution in [2.75, 3.05) is 27.3 Å². The van der Waals surface area contributed by atoms with E-state index in [-0.39, 0.29) is 5.41 Å². The van der Waals surface area contributed by atoms with Crippen LogP contribution in [-0.4, -0.2) is 27.3 Å². The highest BCUT2D eigenvalue weighted by Gasteiger charge is 2.33. The Balaban J connectivity index is 2.32. The van der Waals surface area contributed by atoms with Crippen LogP contribution in [0.2, 0.25) is 0 Å². The van der Waals surface area contributed by atoms with Crippen LogP contribution in [0, 0.1) is 0 Å². The van der Waals surface area contributed by atoms with Gasteiger partial charge in [0.1, 0.15) is 0 Å². The number of likely N-dealkylation sites (N-methyl/N-ethyl adjacent to an activating group) is 1. The van der Waals surface area contributed by atoms with Crippen molar-refractivity contribution in [3.63, 3.8) is 0 Å². The Labute approximate surface area is 115 Å². The molecule has 0 bridgehead atoms. The number of benzene rings is 1. The van der Waals surface area contributed by atoms with Crippen molar-refractivity contribution in [1.29, 1.82) is 0 Å². The van der Waals surface area contributed by atoms with Crippen molar-refractivity contribution < 1.29 is 9.47 Å². The van der Waals surface area contributed by atoms with Crippen LogP contribution >= 0.6 is 0 Å². The second-order valence-electron chi connectivity index (χ2n) is 5.01. The van der Waals surface area contributed by atoms with Crippen LogP contribution in [0.5, 0.6) is 11.5 Å². The summed E-state index contributed by atoms with van der Waals surface area (Å²) in [5, 5.41) is 3.48. The van der Waals surface area contributed by atoms with Crippen molar-refractivity contribution >= 4 is 0 Å². The van der Waals surface area contributed by atoms with Gasteiger partial charge in [-0.3, -0.25) is 0 Å². The van der Waals surface area contributed by atoms with Gasteiger partial charge in [0, 0.05) is 12.0 Å². The molecule has 0 saturated carbocycles. The van der Waals surface area contributed by atoms with E-state index in [0.29, 0.717) is 0 Å². The lowest BCUT2D eigenvalue weighted by Crippen LogP contribution is -2.36. The first kappa shape index (κ1) is 13.9. The Morgan fingerprint density at radius 1 is 1.11 bits per heavy atom. The van der Waals surface area contributed by atoms with Crippen LogP contribution in [0.4, 0.5) is 0 Å². The van der Waals surface area contributed by atoms with Crippen LogP contribution in [0.1, 0.15) is 25.3 Å². The zero-order chi connectivity index (χ0) is 13.7. The normalized spacial score (nSPS) is 16.6. The van der Waals surface area contributed by atoms with Gasteiger partial charge in [0.2, 0.25) is 0 Å². The van der Waals surface area contributed by atoms with Crippen LogP contribution in [-0.2, 0) is 5.41 Å². The zero-order valence-electron chi connectivity index (χ0n) is 12.0. The summed E-state index contributed by atoms with van der Waals surface area (Å²) in [5.74, 6) is 1.60. The van der Waals surface area contributed by atoms with E-state index in [1.807, 2.05) is 6.07 Å². The highest BCUT2D eigenvalue weighted by molar-refractivity contribution is 5.46. The molecule has 1 N–H and O–H groups in total. The van der Waals surface area contributed by atoms with Crippen LogP contribution in [0.25, 0.3) is 0 Å². The molecule has 104 valence electrons. The Hall–Kier alpha value is -1.48. The lowest BCUT2D eigenvalue weighted by atomic mass is 9.78. The predicted octanol–water partition coefficient (Wildman–Crippen LogP) is 2.90. The SMILES string of the molecule is CCNCC1(c2ccc(OC)c(OC)c2)CC=CC1. The molecule has 0 fully saturated rings. The topological polar surface area (TPSA) is 30.5 Å². The molecule has 0 radical (unpaired) electrons. The minimum atomic E-state index is 0.162. The van der Waals surface area contributed by atoms with Gasteiger partial charge in [-0.15, -0.1) is 0 Å². The van der Waals surface area contributed by atoms with E-state index < -0.39 is 0 Å². The maximum atomic E-state index is 5.42. The number of nitrogens with one attached hydrogen (secondary N) is 1. The molecular weight excluding hydrogens is 238 g/mol. The van der Waals surface area contributed by atoms with E-state index in [4.69, 9.17) is 9.47 Å². The van der Waals surface area contributed by atoms with Gasteiger partial charge < -0.3 is 14.8 Å². The fraction of sp³-hybridized carbons (Fsp3) is 0.500. The third kappa shape index (κ3) is 2.76. The summed E-state index contributed by atoms with van der Waals surface area (Å²) in [6, 6.07) is 6.27. The van der Waals surface area contributed by atoms with Gasteiger partial charge in [-0.05, 0) is 37.1 Å². The highest BCUT2D eigenvalue weighted by Crippen LogP contribution is 2.40. The van der Waals surface area contributed by atoms with Crippen molar-refractivity contribution in [2.24, 2.45) is 0 Å². The standard InChI is InChI=1S/C16H23NO2/c1-4-17-12-16(9-5-6-10-16)13-7-8-14(18-2)15(11-13)19-3/h5-8,11,17H,4,9-10,12H2,1-3H3. The summed E-state index contributed by atoms with van der Waals surface area (Å²) in [5.41, 5.74) is 1.48. The molecule has 0 heterocycles. The molecule has 1 aromatic rings. The maximum Gasteiger partial charge on any atom is 0.161 e. The summed E-state index contributed by atoms with van der Waals surface area (Å²) >= 11 is 0. The molecule has 1 aromatic carbocycles. The molecule has 0 aromatic heterocycles. The van der Waals surface area contributed by atoms with E-state index in [9.17, 15) is 0 Å². The number of ether oxygens (including phenoxy) is 2. The van der Waals surface area contributed by atoms with Crippen molar-refractivity contribution in [2.45, 2.75) is 25.2 Å². The van der Waals surface area contributed by atoms with Gasteiger partial charge in [-0.2, -0.15) is 0 Å². The van der Waals surface area contributed by atoms with Gasteiger partial charge in [0.15, 0.2) is 11.5 Å². The number of methoxy groups -OCH3 is 2. The Kier molecular flexibility index (Phi) is 4.48. The third-order valence-electron chi connectivity index (χ3n) is 3.89. The zero-order valence-corrected chi connectivity index (χ0v) is 12.0. The highest BCUT2D eigenvalue weighted by atomic mass is 16.5. The monoisotopic (exact) mass is 261 g/mol. The van der Waals surface area contributed by atoms with E-state index in [2.05, 4.69) is 36.5 Å². The molecule has 0 amide bonds. The van der Waals surface area contributed by atoms with Gasteiger partial charge in [-0.25, -0.2) is 0 Å². The van der Waals surface area contributed by atoms with Crippen LogP contribution in [0.3, 0.4) is 0 Å². The van der Waals surface area contributed by atoms with E-state index >= 15 is 0 Å². The van der Waals surface area contributed by atoms with Crippen molar-refractivity contribution in [1.82, 2.24) is 5.32 Å². The first-order valence-electron chi connectivity index (χ1n) is 6.84. The molecule has 3 heteroatoms. The molecule has 19 heavy (non-hydrogen) atoms. The Bertz CT molecular complexity index is 446. The largest absolute Gasteiger partial charge is 0.493 e. The third-order valence-corrected chi connectivity index (χ3v) is 3.89. The average Bonchev–Trinajstić information content (AvgIpc) is 2.94. The van der Waals surface area contributed by atoms with Gasteiger partial charge >= 0.3 is 0 Å². The first-order chi connectivity index (χ1) is 9.25. The Morgan fingerprint density at radius 3 is 2.37 bits per heavy atom. The lowest BCUT2D eigenvalue weighted by molar-refractivity contribution is 0.351. The average molecular weight is 261 g/mol. The minimum Gasteiger partial charge on any atom is -0.493 e. The second-order valence-corrected chi connectivity index (χ2v) is 5.01. The van der Waals surface area contributed by atoms with E-state index in [1.54, 1.807) is 14.2 Å². The smallest absolute Gasteiger partial charge is 0.161 e. The fourth-order valence-corrected chi connectivity index (χ4v) is 2.71. The lowest BCUT2D eigenvalue weighted by Gasteiger charge is -2.30. The molecule has 0 aliphatic heterocycles. The first-order valence-corrected chi connectivity index (χ1v) is 6.84. The van der Waals surface area contributed by atoms with Gasteiger partial charge in [-0.1, -0.05) is 25.1 Å². The van der Waals surface area contributed by atoms with Gasteiger partial charge in [0.25, 0.3) is 0 Å². The molecule has 3 nitrogen and oxygen atoms in total. The summed E-state index contributed by atoms with van der Waals surface area (Å²) in [7, 11) is 3.36. The second kappa shape index (κ2) is 6.11. The quantitative estimate of drug-likeness (QED) is 0.799. The summed E-state index contributed by atoms with van der Waals surface area (Å²) < 4.78 is 10.7. The number of rotatable bonds is 6. The summed E-state index contributed by atoms with van der Waals surface area (Å²) in [6.07, 6.45) is 6.70. The van der Waals surface area contributed by atoms with E-state index in [0.717, 1.165) is 37.4 Å². The molecule has 0 spiro atoms. The van der Waals surface area contributed by atoms with Gasteiger partial charge in [0.05, 0.1) is 14.2 Å².